The maximum Gasteiger partial charge on any atom is 0.0108 e. The molecule has 0 amide bonds. The molecular formula is C13H22N2S. The van der Waals surface area contributed by atoms with Crippen LogP contribution in [0.2, 0.25) is 0 Å². The highest BCUT2D eigenvalue weighted by Gasteiger charge is 2.21. The zero-order chi connectivity index (χ0) is 11.2. The zero-order valence-corrected chi connectivity index (χ0v) is 10.7. The summed E-state index contributed by atoms with van der Waals surface area (Å²) in [4.78, 5) is 2.60. The SMILES string of the molecule is NCCN(CCc1ccsc1)C1CCCC1. The van der Waals surface area contributed by atoms with Gasteiger partial charge in [-0.25, -0.2) is 0 Å². The van der Waals surface area contributed by atoms with Crippen LogP contribution in [-0.2, 0) is 6.42 Å². The van der Waals surface area contributed by atoms with E-state index in [1.807, 2.05) is 0 Å². The van der Waals surface area contributed by atoms with Crippen molar-refractivity contribution in [3.8, 4) is 0 Å². The Labute approximate surface area is 102 Å². The van der Waals surface area contributed by atoms with Gasteiger partial charge in [0.1, 0.15) is 0 Å². The first-order valence-corrected chi connectivity index (χ1v) is 7.29. The van der Waals surface area contributed by atoms with E-state index >= 15 is 0 Å². The Kier molecular flexibility index (Phi) is 4.82. The van der Waals surface area contributed by atoms with E-state index in [1.165, 1.54) is 44.2 Å². The molecule has 0 saturated heterocycles. The Balaban J connectivity index is 1.82. The Morgan fingerprint density at radius 3 is 2.75 bits per heavy atom. The number of hydrogen-bond acceptors (Lipinski definition) is 3. The molecule has 0 spiro atoms. The second-order valence-corrected chi connectivity index (χ2v) is 5.42. The highest BCUT2D eigenvalue weighted by Crippen LogP contribution is 2.23. The van der Waals surface area contributed by atoms with Crippen LogP contribution in [0.4, 0.5) is 0 Å². The van der Waals surface area contributed by atoms with Crippen LogP contribution in [0.5, 0.6) is 0 Å². The van der Waals surface area contributed by atoms with Gasteiger partial charge in [0, 0.05) is 25.7 Å². The van der Waals surface area contributed by atoms with Crippen molar-refractivity contribution in [2.24, 2.45) is 5.73 Å². The van der Waals surface area contributed by atoms with Gasteiger partial charge in [-0.2, -0.15) is 11.3 Å². The number of nitrogens with zero attached hydrogens (tertiary/aromatic N) is 1. The second-order valence-electron chi connectivity index (χ2n) is 4.64. The Morgan fingerprint density at radius 2 is 2.12 bits per heavy atom. The van der Waals surface area contributed by atoms with E-state index in [-0.39, 0.29) is 0 Å². The highest BCUT2D eigenvalue weighted by atomic mass is 32.1. The largest absolute Gasteiger partial charge is 0.329 e. The van der Waals surface area contributed by atoms with E-state index in [2.05, 4.69) is 21.7 Å². The van der Waals surface area contributed by atoms with Gasteiger partial charge in [-0.3, -0.25) is 4.90 Å². The monoisotopic (exact) mass is 238 g/mol. The lowest BCUT2D eigenvalue weighted by Gasteiger charge is -2.28. The molecule has 2 rings (SSSR count). The van der Waals surface area contributed by atoms with Gasteiger partial charge < -0.3 is 5.73 Å². The molecule has 1 fully saturated rings. The van der Waals surface area contributed by atoms with Crippen molar-refractivity contribution in [1.29, 1.82) is 0 Å². The fourth-order valence-corrected chi connectivity index (χ4v) is 3.32. The van der Waals surface area contributed by atoms with Crippen LogP contribution in [0.1, 0.15) is 31.2 Å². The average molecular weight is 238 g/mol. The summed E-state index contributed by atoms with van der Waals surface area (Å²) in [6.45, 7) is 3.04. The summed E-state index contributed by atoms with van der Waals surface area (Å²) in [6.07, 6.45) is 6.75. The van der Waals surface area contributed by atoms with Crippen LogP contribution >= 0.6 is 11.3 Å². The summed E-state index contributed by atoms with van der Waals surface area (Å²) in [5.41, 5.74) is 7.18. The molecule has 16 heavy (non-hydrogen) atoms. The molecule has 1 aliphatic rings. The van der Waals surface area contributed by atoms with Crippen molar-refractivity contribution in [2.75, 3.05) is 19.6 Å². The maximum absolute atomic E-state index is 5.71. The van der Waals surface area contributed by atoms with Crippen molar-refractivity contribution >= 4 is 11.3 Å². The molecule has 0 radical (unpaired) electrons. The quantitative estimate of drug-likeness (QED) is 0.825. The second kappa shape index (κ2) is 6.38. The van der Waals surface area contributed by atoms with Gasteiger partial charge >= 0.3 is 0 Å². The molecule has 1 saturated carbocycles. The lowest BCUT2D eigenvalue weighted by atomic mass is 10.1. The van der Waals surface area contributed by atoms with E-state index in [4.69, 9.17) is 5.73 Å². The molecule has 1 aromatic heterocycles. The summed E-state index contributed by atoms with van der Waals surface area (Å²) < 4.78 is 0. The average Bonchev–Trinajstić information content (AvgIpc) is 2.96. The minimum atomic E-state index is 0.792. The highest BCUT2D eigenvalue weighted by molar-refractivity contribution is 7.07. The van der Waals surface area contributed by atoms with Crippen LogP contribution in [0.3, 0.4) is 0 Å². The van der Waals surface area contributed by atoms with Crippen LogP contribution in [0.25, 0.3) is 0 Å². The van der Waals surface area contributed by atoms with E-state index < -0.39 is 0 Å². The van der Waals surface area contributed by atoms with Crippen LogP contribution in [-0.4, -0.2) is 30.6 Å². The summed E-state index contributed by atoms with van der Waals surface area (Å²) in [5.74, 6) is 0. The van der Waals surface area contributed by atoms with E-state index in [1.54, 1.807) is 11.3 Å². The first kappa shape index (κ1) is 12.1. The number of hydrogen-bond donors (Lipinski definition) is 1. The van der Waals surface area contributed by atoms with Gasteiger partial charge in [0.05, 0.1) is 0 Å². The van der Waals surface area contributed by atoms with Crippen molar-refractivity contribution < 1.29 is 0 Å². The molecule has 3 heteroatoms. The third kappa shape index (κ3) is 3.30. The normalized spacial score (nSPS) is 17.4. The minimum Gasteiger partial charge on any atom is -0.329 e. The summed E-state index contributed by atoms with van der Waals surface area (Å²) >= 11 is 1.79. The van der Waals surface area contributed by atoms with Gasteiger partial charge in [0.2, 0.25) is 0 Å². The van der Waals surface area contributed by atoms with Gasteiger partial charge in [0.15, 0.2) is 0 Å². The lowest BCUT2D eigenvalue weighted by Crippen LogP contribution is -2.38. The third-order valence-electron chi connectivity index (χ3n) is 3.53. The summed E-state index contributed by atoms with van der Waals surface area (Å²) in [5, 5.41) is 4.42. The molecule has 90 valence electrons. The molecule has 0 atom stereocenters. The van der Waals surface area contributed by atoms with Gasteiger partial charge in [-0.15, -0.1) is 0 Å². The maximum atomic E-state index is 5.71. The molecule has 0 unspecified atom stereocenters. The number of rotatable bonds is 6. The summed E-state index contributed by atoms with van der Waals surface area (Å²) in [6, 6.07) is 3.04. The first-order valence-electron chi connectivity index (χ1n) is 6.35. The smallest absolute Gasteiger partial charge is 0.0108 e. The molecular weight excluding hydrogens is 216 g/mol. The molecule has 0 aliphatic heterocycles. The van der Waals surface area contributed by atoms with E-state index in [0.717, 1.165) is 19.1 Å². The lowest BCUT2D eigenvalue weighted by molar-refractivity contribution is 0.206. The third-order valence-corrected chi connectivity index (χ3v) is 4.26. The minimum absolute atomic E-state index is 0.792. The van der Waals surface area contributed by atoms with Crippen molar-refractivity contribution in [2.45, 2.75) is 38.1 Å². The molecule has 1 aliphatic carbocycles. The Bertz CT molecular complexity index is 278. The standard InChI is InChI=1S/C13H22N2S/c14-7-9-15(13-3-1-2-4-13)8-5-12-6-10-16-11-12/h6,10-11,13H,1-5,7-9,14H2. The molecule has 1 aromatic rings. The number of thiophene rings is 1. The van der Waals surface area contributed by atoms with E-state index in [9.17, 15) is 0 Å². The van der Waals surface area contributed by atoms with Crippen molar-refractivity contribution in [3.05, 3.63) is 22.4 Å². The van der Waals surface area contributed by atoms with Gasteiger partial charge in [-0.1, -0.05) is 12.8 Å². The fraction of sp³-hybridized carbons (Fsp3) is 0.692. The van der Waals surface area contributed by atoms with Gasteiger partial charge in [0.25, 0.3) is 0 Å². The number of nitrogens with two attached hydrogens (primary N) is 1. The molecule has 2 N–H and O–H groups in total. The van der Waals surface area contributed by atoms with E-state index in [0.29, 0.717) is 0 Å². The van der Waals surface area contributed by atoms with Crippen LogP contribution in [0, 0.1) is 0 Å². The Morgan fingerprint density at radius 1 is 1.31 bits per heavy atom. The summed E-state index contributed by atoms with van der Waals surface area (Å²) in [7, 11) is 0. The molecule has 1 heterocycles. The van der Waals surface area contributed by atoms with Crippen LogP contribution in [0.15, 0.2) is 16.8 Å². The van der Waals surface area contributed by atoms with Crippen molar-refractivity contribution in [1.82, 2.24) is 4.90 Å². The molecule has 0 bridgehead atoms. The van der Waals surface area contributed by atoms with Gasteiger partial charge in [-0.05, 0) is 41.7 Å². The Hall–Kier alpha value is -0.380. The fourth-order valence-electron chi connectivity index (χ4n) is 2.62. The molecule has 2 nitrogen and oxygen atoms in total. The topological polar surface area (TPSA) is 29.3 Å². The van der Waals surface area contributed by atoms with Crippen LogP contribution < -0.4 is 5.73 Å². The molecule has 0 aromatic carbocycles. The zero-order valence-electron chi connectivity index (χ0n) is 9.90. The predicted octanol–water partition coefficient (Wildman–Crippen LogP) is 2.49. The van der Waals surface area contributed by atoms with Crippen molar-refractivity contribution in [3.63, 3.8) is 0 Å². The first-order chi connectivity index (χ1) is 7.90. The predicted molar refractivity (Wildman–Crippen MR) is 70.9 cm³/mol.